The normalized spacial score (nSPS) is 17.0. The first-order chi connectivity index (χ1) is 10.1. The molecule has 0 fully saturated rings. The first-order valence-corrected chi connectivity index (χ1v) is 7.45. The van der Waals surface area contributed by atoms with Crippen molar-refractivity contribution in [2.45, 2.75) is 15.7 Å². The van der Waals surface area contributed by atoms with Crippen LogP contribution in [0.5, 0.6) is 5.75 Å². The van der Waals surface area contributed by atoms with E-state index in [4.69, 9.17) is 4.74 Å². The van der Waals surface area contributed by atoms with Crippen LogP contribution in [0.25, 0.3) is 6.08 Å². The number of hydrogen-bond acceptors (Lipinski definition) is 4. The summed E-state index contributed by atoms with van der Waals surface area (Å²) in [6, 6.07) is 11.3. The number of carbonyl (C=O) groups is 1. The van der Waals surface area contributed by atoms with Crippen LogP contribution in [0.3, 0.4) is 0 Å². The Morgan fingerprint density at radius 2 is 1.81 bits per heavy atom. The van der Waals surface area contributed by atoms with Crippen molar-refractivity contribution in [3.05, 3.63) is 59.7 Å². The number of rotatable bonds is 2. The van der Waals surface area contributed by atoms with Crippen molar-refractivity contribution >= 4 is 37.1 Å². The van der Waals surface area contributed by atoms with E-state index in [2.05, 4.69) is 31.8 Å². The Morgan fingerprint density at radius 1 is 1.14 bits per heavy atom. The van der Waals surface area contributed by atoms with Crippen LogP contribution in [0.1, 0.15) is 27.4 Å². The van der Waals surface area contributed by atoms with Crippen LogP contribution in [-0.2, 0) is 0 Å². The second-order valence-corrected chi connectivity index (χ2v) is 5.90. The fraction of sp³-hybridized carbons (Fsp3) is 0.118. The number of ketones is 1. The number of carbonyl (C=O) groups excluding carboxylic acids is 1. The molecule has 1 heterocycles. The lowest BCUT2D eigenvalue weighted by Crippen LogP contribution is -2.26. The zero-order chi connectivity index (χ0) is 15.0. The molecular formula is C17H14O2S2. The lowest BCUT2D eigenvalue weighted by molar-refractivity contribution is 0.0895. The van der Waals surface area contributed by atoms with Crippen molar-refractivity contribution in [2.24, 2.45) is 0 Å². The molecule has 0 aromatic heterocycles. The Kier molecular flexibility index (Phi) is 3.83. The van der Waals surface area contributed by atoms with Crippen molar-refractivity contribution in [1.82, 2.24) is 0 Å². The molecule has 0 saturated carbocycles. The number of benzene rings is 2. The summed E-state index contributed by atoms with van der Waals surface area (Å²) < 4.78 is 5.73. The van der Waals surface area contributed by atoms with Crippen molar-refractivity contribution in [1.29, 1.82) is 0 Å². The molecule has 0 spiro atoms. The molecule has 21 heavy (non-hydrogen) atoms. The Labute approximate surface area is 134 Å². The highest BCUT2D eigenvalue weighted by Gasteiger charge is 2.30. The first kappa shape index (κ1) is 14.3. The maximum atomic E-state index is 12.7. The molecular weight excluding hydrogens is 300 g/mol. The summed E-state index contributed by atoms with van der Waals surface area (Å²) in [5, 5.41) is 0. The number of thiol groups is 2. The average Bonchev–Trinajstić information content (AvgIpc) is 2.50. The van der Waals surface area contributed by atoms with E-state index in [0.717, 1.165) is 11.1 Å². The zero-order valence-electron chi connectivity index (χ0n) is 11.2. The summed E-state index contributed by atoms with van der Waals surface area (Å²) in [6.07, 6.45) is 1.78. The third-order valence-corrected chi connectivity index (χ3v) is 4.56. The van der Waals surface area contributed by atoms with Crippen LogP contribution in [0.15, 0.2) is 52.8 Å². The summed E-state index contributed by atoms with van der Waals surface area (Å²) in [5.74, 6) is 0.364. The van der Waals surface area contributed by atoms with Crippen molar-refractivity contribution in [3.8, 4) is 5.75 Å². The van der Waals surface area contributed by atoms with E-state index < -0.39 is 0 Å². The molecule has 1 atom stereocenters. The van der Waals surface area contributed by atoms with Gasteiger partial charge in [0, 0.05) is 9.79 Å². The van der Waals surface area contributed by atoms with Gasteiger partial charge < -0.3 is 4.74 Å². The molecule has 1 aliphatic heterocycles. The first-order valence-electron chi connectivity index (χ1n) is 6.55. The van der Waals surface area contributed by atoms with Gasteiger partial charge in [-0.3, -0.25) is 4.79 Å². The molecule has 2 aromatic rings. The maximum Gasteiger partial charge on any atom is 0.177 e. The quantitative estimate of drug-likeness (QED) is 0.810. The third kappa shape index (κ3) is 2.61. The van der Waals surface area contributed by atoms with Gasteiger partial charge in [0.2, 0.25) is 0 Å². The van der Waals surface area contributed by atoms with E-state index >= 15 is 0 Å². The zero-order valence-corrected chi connectivity index (χ0v) is 13.0. The van der Waals surface area contributed by atoms with E-state index in [-0.39, 0.29) is 11.7 Å². The van der Waals surface area contributed by atoms with Gasteiger partial charge in [0.15, 0.2) is 5.78 Å². The second kappa shape index (κ2) is 5.62. The number of Topliss-reactive ketones (excluding diaryl/α,β-unsaturated/α-hetero) is 1. The summed E-state index contributed by atoms with van der Waals surface area (Å²) >= 11 is 8.62. The largest absolute Gasteiger partial charge is 0.492 e. The minimum absolute atomic E-state index is 0.0613. The molecule has 1 aliphatic rings. The molecule has 0 saturated heterocycles. The van der Waals surface area contributed by atoms with Gasteiger partial charge in [0.25, 0.3) is 0 Å². The van der Waals surface area contributed by atoms with Gasteiger partial charge in [0.05, 0.1) is 11.5 Å². The van der Waals surface area contributed by atoms with E-state index in [9.17, 15) is 4.79 Å². The standard InChI is InChI=1S/C17H14O2S2/c1-2-10-3-5-11(6-4-10)13-9-19-14-8-16(21)15(20)7-12(14)17(13)18/h2-8,13,20-21H,1,9H2. The van der Waals surface area contributed by atoms with Gasteiger partial charge in [-0.1, -0.05) is 36.9 Å². The Balaban J connectivity index is 1.97. The van der Waals surface area contributed by atoms with Crippen LogP contribution >= 0.6 is 25.3 Å². The third-order valence-electron chi connectivity index (χ3n) is 3.64. The number of hydrogen-bond donors (Lipinski definition) is 2. The van der Waals surface area contributed by atoms with Gasteiger partial charge in [-0.05, 0) is 23.3 Å². The van der Waals surface area contributed by atoms with Crippen LogP contribution < -0.4 is 4.74 Å². The molecule has 2 nitrogen and oxygen atoms in total. The highest BCUT2D eigenvalue weighted by molar-refractivity contribution is 7.83. The van der Waals surface area contributed by atoms with Crippen molar-refractivity contribution < 1.29 is 9.53 Å². The maximum absolute atomic E-state index is 12.7. The van der Waals surface area contributed by atoms with E-state index in [1.165, 1.54) is 0 Å². The lowest BCUT2D eigenvalue weighted by atomic mass is 9.88. The van der Waals surface area contributed by atoms with Crippen molar-refractivity contribution in [3.63, 3.8) is 0 Å². The summed E-state index contributed by atoms with van der Waals surface area (Å²) in [4.78, 5) is 14.1. The molecule has 0 radical (unpaired) electrons. The topological polar surface area (TPSA) is 26.3 Å². The van der Waals surface area contributed by atoms with Gasteiger partial charge in [-0.25, -0.2) is 0 Å². The van der Waals surface area contributed by atoms with Crippen LogP contribution in [-0.4, -0.2) is 12.4 Å². The Morgan fingerprint density at radius 3 is 2.48 bits per heavy atom. The summed E-state index contributed by atoms with van der Waals surface area (Å²) in [7, 11) is 0. The Bertz CT molecular complexity index is 720. The van der Waals surface area contributed by atoms with Gasteiger partial charge in [-0.15, -0.1) is 25.3 Å². The number of ether oxygens (including phenoxy) is 1. The van der Waals surface area contributed by atoms with E-state index in [1.54, 1.807) is 18.2 Å². The van der Waals surface area contributed by atoms with Crippen LogP contribution in [0.4, 0.5) is 0 Å². The predicted molar refractivity (Wildman–Crippen MR) is 90.0 cm³/mol. The fourth-order valence-electron chi connectivity index (χ4n) is 2.42. The smallest absolute Gasteiger partial charge is 0.177 e. The molecule has 2 aromatic carbocycles. The molecule has 0 bridgehead atoms. The van der Waals surface area contributed by atoms with Crippen LogP contribution in [0.2, 0.25) is 0 Å². The molecule has 0 aliphatic carbocycles. The van der Waals surface area contributed by atoms with Gasteiger partial charge in [0.1, 0.15) is 12.4 Å². The average molecular weight is 314 g/mol. The minimum atomic E-state index is -0.283. The number of fused-ring (bicyclic) bond motifs is 1. The summed E-state index contributed by atoms with van der Waals surface area (Å²) in [5.41, 5.74) is 2.55. The highest BCUT2D eigenvalue weighted by atomic mass is 32.1. The molecule has 106 valence electrons. The Hall–Kier alpha value is -1.65. The highest BCUT2D eigenvalue weighted by Crippen LogP contribution is 2.36. The lowest BCUT2D eigenvalue weighted by Gasteiger charge is -2.25. The van der Waals surface area contributed by atoms with Gasteiger partial charge in [-0.2, -0.15) is 0 Å². The van der Waals surface area contributed by atoms with E-state index in [1.807, 2.05) is 24.3 Å². The fourth-order valence-corrected chi connectivity index (χ4v) is 2.79. The monoisotopic (exact) mass is 314 g/mol. The summed E-state index contributed by atoms with van der Waals surface area (Å²) in [6.45, 7) is 4.07. The molecule has 0 amide bonds. The SMILES string of the molecule is C=Cc1ccc(C2COc3cc(S)c(S)cc3C2=O)cc1. The van der Waals surface area contributed by atoms with Gasteiger partial charge >= 0.3 is 0 Å². The van der Waals surface area contributed by atoms with Crippen LogP contribution in [0, 0.1) is 0 Å². The van der Waals surface area contributed by atoms with E-state index in [0.29, 0.717) is 27.7 Å². The molecule has 0 N–H and O–H groups in total. The molecule has 3 rings (SSSR count). The second-order valence-electron chi connectivity index (χ2n) is 4.94. The predicted octanol–water partition coefficient (Wildman–Crippen LogP) is 4.27. The molecule has 4 heteroatoms. The van der Waals surface area contributed by atoms with Crippen molar-refractivity contribution in [2.75, 3.05) is 6.61 Å². The minimum Gasteiger partial charge on any atom is -0.492 e. The molecule has 1 unspecified atom stereocenters.